The molecule has 1 saturated carbocycles. The fourth-order valence-electron chi connectivity index (χ4n) is 3.73. The quantitative estimate of drug-likeness (QED) is 0.680. The zero-order valence-electron chi connectivity index (χ0n) is 15.0. The molecule has 1 aromatic rings. The summed E-state index contributed by atoms with van der Waals surface area (Å²) in [6.45, 7) is 7.00. The molecule has 1 unspecified atom stereocenters. The van der Waals surface area contributed by atoms with Crippen LogP contribution in [0.4, 0.5) is 0 Å². The van der Waals surface area contributed by atoms with Gasteiger partial charge in [0.2, 0.25) is 0 Å². The van der Waals surface area contributed by atoms with E-state index in [4.69, 9.17) is 10.5 Å². The molecular formula is C20H34N2O. The van der Waals surface area contributed by atoms with Crippen LogP contribution in [0.3, 0.4) is 0 Å². The Kier molecular flexibility index (Phi) is 7.90. The molecule has 0 amide bonds. The Bertz CT molecular complexity index is 426. The first-order chi connectivity index (χ1) is 11.3. The van der Waals surface area contributed by atoms with Crippen LogP contribution >= 0.6 is 0 Å². The lowest BCUT2D eigenvalue weighted by molar-refractivity contribution is 0.114. The van der Waals surface area contributed by atoms with Crippen molar-refractivity contribution in [2.75, 3.05) is 19.7 Å². The van der Waals surface area contributed by atoms with E-state index in [1.165, 1.54) is 44.1 Å². The van der Waals surface area contributed by atoms with Crippen LogP contribution in [0, 0.1) is 0 Å². The number of hydrogen-bond acceptors (Lipinski definition) is 3. The lowest BCUT2D eigenvalue weighted by Gasteiger charge is -2.39. The average Bonchev–Trinajstić information content (AvgIpc) is 2.61. The predicted molar refractivity (Wildman–Crippen MR) is 97.9 cm³/mol. The van der Waals surface area contributed by atoms with E-state index in [0.717, 1.165) is 25.3 Å². The lowest BCUT2D eigenvalue weighted by atomic mass is 9.92. The van der Waals surface area contributed by atoms with Gasteiger partial charge in [0, 0.05) is 18.6 Å². The highest BCUT2D eigenvalue weighted by Crippen LogP contribution is 2.30. The van der Waals surface area contributed by atoms with Crippen LogP contribution in [-0.4, -0.2) is 30.6 Å². The van der Waals surface area contributed by atoms with Crippen molar-refractivity contribution in [1.29, 1.82) is 0 Å². The summed E-state index contributed by atoms with van der Waals surface area (Å²) < 4.78 is 5.77. The van der Waals surface area contributed by atoms with Gasteiger partial charge in [0.25, 0.3) is 0 Å². The highest BCUT2D eigenvalue weighted by Gasteiger charge is 2.26. The van der Waals surface area contributed by atoms with Crippen LogP contribution < -0.4 is 10.5 Å². The Labute approximate surface area is 142 Å². The summed E-state index contributed by atoms with van der Waals surface area (Å²) >= 11 is 0. The van der Waals surface area contributed by atoms with Crippen molar-refractivity contribution in [1.82, 2.24) is 4.90 Å². The maximum Gasteiger partial charge on any atom is 0.119 e. The number of ether oxygens (including phenoxy) is 1. The van der Waals surface area contributed by atoms with Crippen molar-refractivity contribution in [2.24, 2.45) is 5.73 Å². The molecule has 3 heteroatoms. The van der Waals surface area contributed by atoms with E-state index in [1.54, 1.807) is 0 Å². The summed E-state index contributed by atoms with van der Waals surface area (Å²) in [5.41, 5.74) is 7.47. The second-order valence-electron chi connectivity index (χ2n) is 6.64. The summed E-state index contributed by atoms with van der Waals surface area (Å²) in [5.74, 6) is 0.971. The molecule has 1 aliphatic carbocycles. The Morgan fingerprint density at radius 3 is 2.39 bits per heavy atom. The van der Waals surface area contributed by atoms with Gasteiger partial charge in [-0.25, -0.2) is 0 Å². The first kappa shape index (κ1) is 18.3. The summed E-state index contributed by atoms with van der Waals surface area (Å²) in [6.07, 6.45) is 9.04. The van der Waals surface area contributed by atoms with E-state index in [1.807, 2.05) is 0 Å². The minimum absolute atomic E-state index is 0.327. The Hall–Kier alpha value is -1.06. The molecule has 0 saturated heterocycles. The molecule has 0 heterocycles. The fraction of sp³-hybridized carbons (Fsp3) is 0.700. The second kappa shape index (κ2) is 9.94. The molecule has 2 rings (SSSR count). The van der Waals surface area contributed by atoms with Crippen molar-refractivity contribution >= 4 is 0 Å². The van der Waals surface area contributed by atoms with E-state index in [0.29, 0.717) is 18.6 Å². The second-order valence-corrected chi connectivity index (χ2v) is 6.64. The first-order valence-corrected chi connectivity index (χ1v) is 9.48. The number of rotatable bonds is 9. The number of likely N-dealkylation sites (N-methyl/N-ethyl adjacent to an activating group) is 1. The molecular weight excluding hydrogens is 284 g/mol. The summed E-state index contributed by atoms with van der Waals surface area (Å²) in [4.78, 5) is 2.62. The molecule has 23 heavy (non-hydrogen) atoms. The highest BCUT2D eigenvalue weighted by atomic mass is 16.5. The maximum absolute atomic E-state index is 6.15. The molecule has 1 fully saturated rings. The molecule has 1 aliphatic rings. The lowest BCUT2D eigenvalue weighted by Crippen LogP contribution is -2.42. The topological polar surface area (TPSA) is 38.5 Å². The van der Waals surface area contributed by atoms with Gasteiger partial charge >= 0.3 is 0 Å². The summed E-state index contributed by atoms with van der Waals surface area (Å²) in [7, 11) is 0. The monoisotopic (exact) mass is 318 g/mol. The highest BCUT2D eigenvalue weighted by molar-refractivity contribution is 5.29. The predicted octanol–water partition coefficient (Wildman–Crippen LogP) is 4.52. The molecule has 3 nitrogen and oxygen atoms in total. The van der Waals surface area contributed by atoms with E-state index in [2.05, 4.69) is 43.0 Å². The van der Waals surface area contributed by atoms with Gasteiger partial charge in [0.15, 0.2) is 0 Å². The molecule has 130 valence electrons. The van der Waals surface area contributed by atoms with Crippen LogP contribution in [0.2, 0.25) is 0 Å². The van der Waals surface area contributed by atoms with Crippen LogP contribution in [0.1, 0.15) is 70.4 Å². The standard InChI is InChI=1S/C20H34N2O/c1-3-5-15-23-19-13-11-17(12-14-19)20(16-21)22(4-2)18-9-7-6-8-10-18/h11-14,18,20H,3-10,15-16,21H2,1-2H3. The largest absolute Gasteiger partial charge is 0.494 e. The molecule has 0 spiro atoms. The minimum atomic E-state index is 0.327. The molecule has 1 atom stereocenters. The van der Waals surface area contributed by atoms with Crippen LogP contribution in [-0.2, 0) is 0 Å². The average molecular weight is 319 g/mol. The molecule has 0 radical (unpaired) electrons. The Balaban J connectivity index is 2.03. The van der Waals surface area contributed by atoms with Gasteiger partial charge < -0.3 is 10.5 Å². The fourth-order valence-corrected chi connectivity index (χ4v) is 3.73. The van der Waals surface area contributed by atoms with Gasteiger partial charge in [0.05, 0.1) is 6.61 Å². The number of benzene rings is 1. The van der Waals surface area contributed by atoms with Crippen LogP contribution in [0.5, 0.6) is 5.75 Å². The number of hydrogen-bond donors (Lipinski definition) is 1. The first-order valence-electron chi connectivity index (χ1n) is 9.48. The van der Waals surface area contributed by atoms with E-state index < -0.39 is 0 Å². The third-order valence-electron chi connectivity index (χ3n) is 5.06. The molecule has 0 bridgehead atoms. The molecule has 0 aromatic heterocycles. The minimum Gasteiger partial charge on any atom is -0.494 e. The zero-order valence-corrected chi connectivity index (χ0v) is 15.0. The van der Waals surface area contributed by atoms with Gasteiger partial charge in [0.1, 0.15) is 5.75 Å². The van der Waals surface area contributed by atoms with Crippen LogP contribution in [0.25, 0.3) is 0 Å². The van der Waals surface area contributed by atoms with Crippen LogP contribution in [0.15, 0.2) is 24.3 Å². The van der Waals surface area contributed by atoms with Crippen molar-refractivity contribution in [3.8, 4) is 5.75 Å². The maximum atomic E-state index is 6.15. The van der Waals surface area contributed by atoms with Crippen molar-refractivity contribution < 1.29 is 4.74 Å². The third kappa shape index (κ3) is 5.22. The normalized spacial score (nSPS) is 17.4. The number of unbranched alkanes of at least 4 members (excludes halogenated alkanes) is 1. The molecule has 0 aliphatic heterocycles. The van der Waals surface area contributed by atoms with Gasteiger partial charge in [-0.2, -0.15) is 0 Å². The van der Waals surface area contributed by atoms with E-state index in [9.17, 15) is 0 Å². The molecule has 1 aromatic carbocycles. The van der Waals surface area contributed by atoms with Crippen molar-refractivity contribution in [2.45, 2.75) is 70.9 Å². The van der Waals surface area contributed by atoms with Crippen molar-refractivity contribution in [3.63, 3.8) is 0 Å². The smallest absolute Gasteiger partial charge is 0.119 e. The Morgan fingerprint density at radius 2 is 1.83 bits per heavy atom. The van der Waals surface area contributed by atoms with Gasteiger partial charge in [-0.1, -0.05) is 51.7 Å². The van der Waals surface area contributed by atoms with Crippen molar-refractivity contribution in [3.05, 3.63) is 29.8 Å². The van der Waals surface area contributed by atoms with Gasteiger partial charge in [-0.05, 0) is 43.5 Å². The Morgan fingerprint density at radius 1 is 1.13 bits per heavy atom. The summed E-state index contributed by atoms with van der Waals surface area (Å²) in [5, 5.41) is 0. The SMILES string of the molecule is CCCCOc1ccc(C(CN)N(CC)C2CCCCC2)cc1. The van der Waals surface area contributed by atoms with E-state index in [-0.39, 0.29) is 0 Å². The molecule has 2 N–H and O–H groups in total. The zero-order chi connectivity index (χ0) is 16.5. The van der Waals surface area contributed by atoms with Gasteiger partial charge in [-0.15, -0.1) is 0 Å². The van der Waals surface area contributed by atoms with E-state index >= 15 is 0 Å². The van der Waals surface area contributed by atoms with Gasteiger partial charge in [-0.3, -0.25) is 4.90 Å². The third-order valence-corrected chi connectivity index (χ3v) is 5.06. The number of nitrogens with zero attached hydrogens (tertiary/aromatic N) is 1. The number of nitrogens with two attached hydrogens (primary N) is 1. The summed E-state index contributed by atoms with van der Waals surface area (Å²) in [6, 6.07) is 9.62.